The summed E-state index contributed by atoms with van der Waals surface area (Å²) < 4.78 is 0. The standard InChI is InChI=1S/C20H34N2O2/c1-19(2,3)18(24)22-6-4-17(23)21-7-5-20-11-14-8-15(12-20)10-16(9-14)13-20/h14-16H,4-13H2,1-3H3,(H,21,23)(H,22,24). The third-order valence-electron chi connectivity index (χ3n) is 6.46. The van der Waals surface area contributed by atoms with E-state index in [4.69, 9.17) is 0 Å². The van der Waals surface area contributed by atoms with Crippen LogP contribution in [0.25, 0.3) is 0 Å². The predicted molar refractivity (Wildman–Crippen MR) is 95.3 cm³/mol. The van der Waals surface area contributed by atoms with Crippen LogP contribution in [0.3, 0.4) is 0 Å². The zero-order valence-electron chi connectivity index (χ0n) is 15.6. The van der Waals surface area contributed by atoms with Crippen molar-refractivity contribution in [3.8, 4) is 0 Å². The van der Waals surface area contributed by atoms with Crippen molar-refractivity contribution in [1.82, 2.24) is 10.6 Å². The molecule has 136 valence electrons. The van der Waals surface area contributed by atoms with Gasteiger partial charge in [-0.15, -0.1) is 0 Å². The van der Waals surface area contributed by atoms with Crippen LogP contribution in [0.2, 0.25) is 0 Å². The fourth-order valence-corrected chi connectivity index (χ4v) is 5.71. The first-order valence-electron chi connectivity index (χ1n) is 9.81. The highest BCUT2D eigenvalue weighted by Crippen LogP contribution is 2.61. The maximum atomic E-state index is 12.0. The summed E-state index contributed by atoms with van der Waals surface area (Å²) in [7, 11) is 0. The summed E-state index contributed by atoms with van der Waals surface area (Å²) in [6.45, 7) is 6.88. The summed E-state index contributed by atoms with van der Waals surface area (Å²) in [6.07, 6.45) is 10.1. The van der Waals surface area contributed by atoms with Crippen LogP contribution in [0.5, 0.6) is 0 Å². The molecule has 4 nitrogen and oxygen atoms in total. The largest absolute Gasteiger partial charge is 0.356 e. The molecule has 4 fully saturated rings. The van der Waals surface area contributed by atoms with E-state index in [1.54, 1.807) is 0 Å². The number of carbonyl (C=O) groups is 2. The van der Waals surface area contributed by atoms with Crippen molar-refractivity contribution in [2.24, 2.45) is 28.6 Å². The van der Waals surface area contributed by atoms with Crippen molar-refractivity contribution in [2.75, 3.05) is 13.1 Å². The Hall–Kier alpha value is -1.06. The first-order valence-corrected chi connectivity index (χ1v) is 9.81. The Morgan fingerprint density at radius 1 is 0.917 bits per heavy atom. The van der Waals surface area contributed by atoms with E-state index in [2.05, 4.69) is 10.6 Å². The Morgan fingerprint density at radius 2 is 1.46 bits per heavy atom. The fraction of sp³-hybridized carbons (Fsp3) is 0.900. The highest BCUT2D eigenvalue weighted by Gasteiger charge is 2.50. The van der Waals surface area contributed by atoms with E-state index < -0.39 is 5.41 Å². The molecule has 0 saturated heterocycles. The Morgan fingerprint density at radius 3 is 1.96 bits per heavy atom. The predicted octanol–water partition coefficient (Wildman–Crippen LogP) is 3.26. The molecule has 0 heterocycles. The summed E-state index contributed by atoms with van der Waals surface area (Å²) in [4.78, 5) is 23.8. The van der Waals surface area contributed by atoms with Crippen molar-refractivity contribution >= 4 is 11.8 Å². The minimum absolute atomic E-state index is 0.00358. The zero-order chi connectivity index (χ0) is 17.4. The second-order valence-corrected chi connectivity index (χ2v) is 9.77. The van der Waals surface area contributed by atoms with Crippen molar-refractivity contribution in [3.05, 3.63) is 0 Å². The van der Waals surface area contributed by atoms with Crippen molar-refractivity contribution in [3.63, 3.8) is 0 Å². The first-order chi connectivity index (χ1) is 11.3. The van der Waals surface area contributed by atoms with Gasteiger partial charge in [-0.25, -0.2) is 0 Å². The Balaban J connectivity index is 1.35. The van der Waals surface area contributed by atoms with E-state index in [1.165, 1.54) is 38.5 Å². The molecule has 24 heavy (non-hydrogen) atoms. The molecule has 0 atom stereocenters. The van der Waals surface area contributed by atoms with Crippen LogP contribution in [0.15, 0.2) is 0 Å². The van der Waals surface area contributed by atoms with Gasteiger partial charge in [0.25, 0.3) is 0 Å². The third kappa shape index (κ3) is 4.12. The van der Waals surface area contributed by atoms with Gasteiger partial charge >= 0.3 is 0 Å². The van der Waals surface area contributed by atoms with Gasteiger partial charge in [-0.1, -0.05) is 20.8 Å². The van der Waals surface area contributed by atoms with Crippen LogP contribution in [-0.2, 0) is 9.59 Å². The lowest BCUT2D eigenvalue weighted by Crippen LogP contribution is -2.47. The SMILES string of the molecule is CC(C)(C)C(=O)NCCC(=O)NCCC12CC3CC(CC(C3)C1)C2. The minimum Gasteiger partial charge on any atom is -0.356 e. The van der Waals surface area contributed by atoms with Crippen LogP contribution < -0.4 is 10.6 Å². The number of nitrogens with one attached hydrogen (secondary N) is 2. The monoisotopic (exact) mass is 334 g/mol. The quantitative estimate of drug-likeness (QED) is 0.783. The van der Waals surface area contributed by atoms with E-state index in [1.807, 2.05) is 20.8 Å². The van der Waals surface area contributed by atoms with Gasteiger partial charge in [-0.3, -0.25) is 9.59 Å². The first kappa shape index (κ1) is 17.8. The molecule has 4 heteroatoms. The van der Waals surface area contributed by atoms with Crippen LogP contribution in [0.1, 0.15) is 72.1 Å². The summed E-state index contributed by atoms with van der Waals surface area (Å²) in [6, 6.07) is 0. The molecular weight excluding hydrogens is 300 g/mol. The second kappa shape index (κ2) is 6.68. The normalized spacial score (nSPS) is 34.2. The van der Waals surface area contributed by atoms with Gasteiger partial charge in [-0.05, 0) is 68.1 Å². The maximum Gasteiger partial charge on any atom is 0.225 e. The number of carbonyl (C=O) groups excluding carboxylic acids is 2. The zero-order valence-corrected chi connectivity index (χ0v) is 15.6. The molecule has 0 aromatic carbocycles. The summed E-state index contributed by atoms with van der Waals surface area (Å²) in [5.41, 5.74) is 0.136. The van der Waals surface area contributed by atoms with Gasteiger partial charge in [0.15, 0.2) is 0 Å². The number of hydrogen-bond donors (Lipinski definition) is 2. The van der Waals surface area contributed by atoms with E-state index in [0.29, 0.717) is 18.4 Å². The number of amides is 2. The lowest BCUT2D eigenvalue weighted by molar-refractivity contribution is -0.128. The molecule has 0 unspecified atom stereocenters. The molecule has 4 aliphatic carbocycles. The molecule has 4 rings (SSSR count). The molecule has 2 amide bonds. The Kier molecular flexibility index (Phi) is 4.94. The van der Waals surface area contributed by atoms with Crippen LogP contribution in [-0.4, -0.2) is 24.9 Å². The molecule has 4 saturated carbocycles. The van der Waals surface area contributed by atoms with E-state index in [-0.39, 0.29) is 11.8 Å². The van der Waals surface area contributed by atoms with Crippen LogP contribution >= 0.6 is 0 Å². The van der Waals surface area contributed by atoms with Gasteiger partial charge in [0.05, 0.1) is 0 Å². The van der Waals surface area contributed by atoms with Gasteiger partial charge in [0, 0.05) is 24.9 Å². The molecular formula is C20H34N2O2. The average molecular weight is 335 g/mol. The summed E-state index contributed by atoms with van der Waals surface area (Å²) >= 11 is 0. The lowest BCUT2D eigenvalue weighted by Gasteiger charge is -2.57. The smallest absolute Gasteiger partial charge is 0.225 e. The van der Waals surface area contributed by atoms with E-state index in [0.717, 1.165) is 30.7 Å². The Labute approximate surface area is 146 Å². The third-order valence-corrected chi connectivity index (χ3v) is 6.46. The number of hydrogen-bond acceptors (Lipinski definition) is 2. The molecule has 0 spiro atoms. The van der Waals surface area contributed by atoms with Gasteiger partial charge in [-0.2, -0.15) is 0 Å². The molecule has 4 aliphatic rings. The summed E-state index contributed by atoms with van der Waals surface area (Å²) in [5.74, 6) is 2.98. The molecule has 0 aliphatic heterocycles. The molecule has 0 radical (unpaired) electrons. The molecule has 4 bridgehead atoms. The van der Waals surface area contributed by atoms with Crippen molar-refractivity contribution in [2.45, 2.75) is 72.1 Å². The van der Waals surface area contributed by atoms with Crippen molar-refractivity contribution < 1.29 is 9.59 Å². The number of rotatable bonds is 6. The minimum atomic E-state index is -0.394. The van der Waals surface area contributed by atoms with E-state index in [9.17, 15) is 9.59 Å². The van der Waals surface area contributed by atoms with Gasteiger partial charge in [0.2, 0.25) is 11.8 Å². The van der Waals surface area contributed by atoms with Crippen molar-refractivity contribution in [1.29, 1.82) is 0 Å². The average Bonchev–Trinajstić information content (AvgIpc) is 2.44. The maximum absolute atomic E-state index is 12.0. The van der Waals surface area contributed by atoms with Gasteiger partial charge in [0.1, 0.15) is 0 Å². The van der Waals surface area contributed by atoms with Crippen LogP contribution in [0.4, 0.5) is 0 Å². The molecule has 2 N–H and O–H groups in total. The van der Waals surface area contributed by atoms with E-state index >= 15 is 0 Å². The molecule has 0 aromatic heterocycles. The lowest BCUT2D eigenvalue weighted by atomic mass is 9.49. The second-order valence-electron chi connectivity index (χ2n) is 9.77. The highest BCUT2D eigenvalue weighted by molar-refractivity contribution is 5.82. The Bertz CT molecular complexity index is 457. The fourth-order valence-electron chi connectivity index (χ4n) is 5.71. The summed E-state index contributed by atoms with van der Waals surface area (Å²) in [5, 5.41) is 5.92. The molecule has 0 aromatic rings. The topological polar surface area (TPSA) is 58.2 Å². The van der Waals surface area contributed by atoms with Crippen LogP contribution in [0, 0.1) is 28.6 Å². The highest BCUT2D eigenvalue weighted by atomic mass is 16.2. The van der Waals surface area contributed by atoms with Gasteiger partial charge < -0.3 is 10.6 Å².